The van der Waals surface area contributed by atoms with Gasteiger partial charge in [0.25, 0.3) is 11.8 Å². The summed E-state index contributed by atoms with van der Waals surface area (Å²) in [4.78, 5) is 24.9. The van der Waals surface area contributed by atoms with Crippen LogP contribution in [0.4, 0.5) is 10.1 Å². The maximum atomic E-state index is 13.8. The molecule has 0 saturated carbocycles. The van der Waals surface area contributed by atoms with Gasteiger partial charge in [-0.05, 0) is 54.1 Å². The van der Waals surface area contributed by atoms with Crippen LogP contribution < -0.4 is 10.6 Å². The van der Waals surface area contributed by atoms with Crippen LogP contribution in [0, 0.1) is 12.7 Å². The van der Waals surface area contributed by atoms with E-state index in [0.29, 0.717) is 17.1 Å². The van der Waals surface area contributed by atoms with Crippen LogP contribution in [0.1, 0.15) is 45.1 Å². The molecule has 1 atom stereocenters. The summed E-state index contributed by atoms with van der Waals surface area (Å²) in [6.07, 6.45) is 0. The summed E-state index contributed by atoms with van der Waals surface area (Å²) in [6, 6.07) is 10.2. The van der Waals surface area contributed by atoms with Gasteiger partial charge in [0.05, 0.1) is 11.6 Å². The van der Waals surface area contributed by atoms with Crippen molar-refractivity contribution >= 4 is 17.5 Å². The van der Waals surface area contributed by atoms with Gasteiger partial charge in [0.15, 0.2) is 5.82 Å². The number of anilines is 1. The first-order chi connectivity index (χ1) is 13.4. The third-order valence-electron chi connectivity index (χ3n) is 4.25. The Balaban J connectivity index is 1.77. The Bertz CT molecular complexity index is 1030. The lowest BCUT2D eigenvalue weighted by atomic mass is 10.1. The summed E-state index contributed by atoms with van der Waals surface area (Å²) in [7, 11) is 1.68. The molecule has 3 aromatic rings. The largest absolute Gasteiger partial charge is 0.342 e. The summed E-state index contributed by atoms with van der Waals surface area (Å²) in [5.41, 5.74) is 1.44. The third-order valence-corrected chi connectivity index (χ3v) is 4.25. The van der Waals surface area contributed by atoms with Crippen molar-refractivity contribution in [1.82, 2.24) is 25.5 Å². The van der Waals surface area contributed by atoms with Crippen LogP contribution in [0.2, 0.25) is 0 Å². The molecule has 2 aromatic carbocycles. The standard InChI is InChI=1S/C19H19FN6O2/c1-11-8-9-13(18(27)21-12(2)17-23-24-25-26(17)3)10-16(11)22-19(28)14-6-4-5-7-15(14)20/h4-10,12H,1-3H3,(H,21,27)(H,22,28). The number of tetrazole rings is 1. The highest BCUT2D eigenvalue weighted by atomic mass is 19.1. The van der Waals surface area contributed by atoms with Gasteiger partial charge in [0.2, 0.25) is 0 Å². The van der Waals surface area contributed by atoms with Gasteiger partial charge in [-0.15, -0.1) is 5.10 Å². The molecule has 1 aromatic heterocycles. The topological polar surface area (TPSA) is 102 Å². The van der Waals surface area contributed by atoms with E-state index < -0.39 is 17.8 Å². The van der Waals surface area contributed by atoms with E-state index in [-0.39, 0.29) is 11.5 Å². The predicted octanol–water partition coefficient (Wildman–Crippen LogP) is 2.40. The number of nitrogens with one attached hydrogen (secondary N) is 2. The lowest BCUT2D eigenvalue weighted by molar-refractivity contribution is 0.0936. The number of aryl methyl sites for hydroxylation is 2. The third kappa shape index (κ3) is 4.03. The first-order valence-corrected chi connectivity index (χ1v) is 8.56. The molecule has 0 radical (unpaired) electrons. The smallest absolute Gasteiger partial charge is 0.258 e. The molecule has 144 valence electrons. The van der Waals surface area contributed by atoms with E-state index >= 15 is 0 Å². The molecule has 0 aliphatic heterocycles. The number of nitrogens with zero attached hydrogens (tertiary/aromatic N) is 4. The average molecular weight is 382 g/mol. The van der Waals surface area contributed by atoms with Gasteiger partial charge in [-0.2, -0.15) is 0 Å². The van der Waals surface area contributed by atoms with Gasteiger partial charge < -0.3 is 10.6 Å². The highest BCUT2D eigenvalue weighted by Gasteiger charge is 2.18. The number of rotatable bonds is 5. The minimum absolute atomic E-state index is 0.0693. The summed E-state index contributed by atoms with van der Waals surface area (Å²) < 4.78 is 15.3. The Morgan fingerprint density at radius 3 is 2.57 bits per heavy atom. The van der Waals surface area contributed by atoms with Crippen LogP contribution in [0.3, 0.4) is 0 Å². The molecule has 0 aliphatic carbocycles. The predicted molar refractivity (Wildman–Crippen MR) is 100 cm³/mol. The second-order valence-electron chi connectivity index (χ2n) is 6.32. The zero-order valence-electron chi connectivity index (χ0n) is 15.6. The zero-order valence-corrected chi connectivity index (χ0v) is 15.6. The van der Waals surface area contributed by atoms with Gasteiger partial charge in [0.1, 0.15) is 5.82 Å². The van der Waals surface area contributed by atoms with Gasteiger partial charge in [-0.25, -0.2) is 9.07 Å². The van der Waals surface area contributed by atoms with Crippen LogP contribution in [-0.4, -0.2) is 32.0 Å². The van der Waals surface area contributed by atoms with E-state index in [4.69, 9.17) is 0 Å². The van der Waals surface area contributed by atoms with E-state index in [9.17, 15) is 14.0 Å². The molecule has 0 aliphatic rings. The van der Waals surface area contributed by atoms with Crippen molar-refractivity contribution in [2.45, 2.75) is 19.9 Å². The maximum absolute atomic E-state index is 13.8. The van der Waals surface area contributed by atoms with Gasteiger partial charge in [-0.3, -0.25) is 9.59 Å². The molecule has 0 bridgehead atoms. The molecular weight excluding hydrogens is 363 g/mol. The fraction of sp³-hybridized carbons (Fsp3) is 0.211. The Morgan fingerprint density at radius 2 is 1.89 bits per heavy atom. The number of carbonyl (C=O) groups is 2. The second kappa shape index (κ2) is 7.95. The highest BCUT2D eigenvalue weighted by Crippen LogP contribution is 2.19. The number of halogens is 1. The monoisotopic (exact) mass is 382 g/mol. The Kier molecular flexibility index (Phi) is 5.44. The van der Waals surface area contributed by atoms with Crippen molar-refractivity contribution in [3.8, 4) is 0 Å². The maximum Gasteiger partial charge on any atom is 0.258 e. The molecule has 0 spiro atoms. The molecule has 1 unspecified atom stereocenters. The molecule has 0 saturated heterocycles. The normalized spacial score (nSPS) is 11.7. The number of amides is 2. The van der Waals surface area contributed by atoms with E-state index in [0.717, 1.165) is 5.56 Å². The van der Waals surface area contributed by atoms with E-state index in [1.54, 1.807) is 45.2 Å². The van der Waals surface area contributed by atoms with Crippen LogP contribution >= 0.6 is 0 Å². The SMILES string of the molecule is Cc1ccc(C(=O)NC(C)c2nnnn2C)cc1NC(=O)c1ccccc1F. The van der Waals surface area contributed by atoms with Crippen molar-refractivity contribution in [3.05, 3.63) is 70.8 Å². The van der Waals surface area contributed by atoms with Gasteiger partial charge in [0, 0.05) is 18.3 Å². The Labute approximate surface area is 160 Å². The molecule has 8 nitrogen and oxygen atoms in total. The van der Waals surface area contributed by atoms with Crippen molar-refractivity contribution in [2.75, 3.05) is 5.32 Å². The van der Waals surface area contributed by atoms with Crippen molar-refractivity contribution in [2.24, 2.45) is 7.05 Å². The van der Waals surface area contributed by atoms with Gasteiger partial charge in [-0.1, -0.05) is 18.2 Å². The van der Waals surface area contributed by atoms with E-state index in [1.165, 1.54) is 22.9 Å². The Morgan fingerprint density at radius 1 is 1.14 bits per heavy atom. The second-order valence-corrected chi connectivity index (χ2v) is 6.32. The molecule has 9 heteroatoms. The number of benzene rings is 2. The molecule has 0 fully saturated rings. The molecular formula is C19H19FN6O2. The van der Waals surface area contributed by atoms with E-state index in [2.05, 4.69) is 26.2 Å². The van der Waals surface area contributed by atoms with Crippen LogP contribution in [0.25, 0.3) is 0 Å². The molecule has 1 heterocycles. The Hall–Kier alpha value is -3.62. The number of hydrogen-bond acceptors (Lipinski definition) is 5. The average Bonchev–Trinajstić information content (AvgIpc) is 3.09. The highest BCUT2D eigenvalue weighted by molar-refractivity contribution is 6.05. The van der Waals surface area contributed by atoms with E-state index in [1.807, 2.05) is 0 Å². The summed E-state index contributed by atoms with van der Waals surface area (Å²) in [6.45, 7) is 3.55. The quantitative estimate of drug-likeness (QED) is 0.706. The van der Waals surface area contributed by atoms with Crippen molar-refractivity contribution in [3.63, 3.8) is 0 Å². The number of aromatic nitrogens is 4. The summed E-state index contributed by atoms with van der Waals surface area (Å²) in [5, 5.41) is 16.6. The summed E-state index contributed by atoms with van der Waals surface area (Å²) in [5.74, 6) is -1.04. The van der Waals surface area contributed by atoms with Crippen molar-refractivity contribution in [1.29, 1.82) is 0 Å². The van der Waals surface area contributed by atoms with Gasteiger partial charge >= 0.3 is 0 Å². The zero-order chi connectivity index (χ0) is 20.3. The number of hydrogen-bond donors (Lipinski definition) is 2. The van der Waals surface area contributed by atoms with Crippen molar-refractivity contribution < 1.29 is 14.0 Å². The lowest BCUT2D eigenvalue weighted by Gasteiger charge is -2.14. The van der Waals surface area contributed by atoms with Crippen LogP contribution in [-0.2, 0) is 7.05 Å². The molecule has 2 amide bonds. The minimum atomic E-state index is -0.613. The summed E-state index contributed by atoms with van der Waals surface area (Å²) >= 11 is 0. The first kappa shape index (κ1) is 19.2. The fourth-order valence-electron chi connectivity index (χ4n) is 2.68. The lowest BCUT2D eigenvalue weighted by Crippen LogP contribution is -2.28. The molecule has 2 N–H and O–H groups in total. The van der Waals surface area contributed by atoms with Crippen LogP contribution in [0.5, 0.6) is 0 Å². The minimum Gasteiger partial charge on any atom is -0.342 e. The molecule has 28 heavy (non-hydrogen) atoms. The first-order valence-electron chi connectivity index (χ1n) is 8.56. The van der Waals surface area contributed by atoms with Crippen LogP contribution in [0.15, 0.2) is 42.5 Å². The number of carbonyl (C=O) groups excluding carboxylic acids is 2. The molecule has 3 rings (SSSR count). The fourth-order valence-corrected chi connectivity index (χ4v) is 2.68.